The van der Waals surface area contributed by atoms with Crippen molar-refractivity contribution in [3.63, 3.8) is 0 Å². The van der Waals surface area contributed by atoms with Crippen molar-refractivity contribution in [2.45, 2.75) is 57.8 Å². The minimum Gasteiger partial charge on any atom is -0.456 e. The molecule has 1 aliphatic heterocycles. The molecule has 0 aromatic heterocycles. The van der Waals surface area contributed by atoms with Crippen LogP contribution in [0.15, 0.2) is 158 Å². The van der Waals surface area contributed by atoms with Crippen molar-refractivity contribution in [1.29, 1.82) is 0 Å². The van der Waals surface area contributed by atoms with Gasteiger partial charge in [-0.15, -0.1) is 0 Å². The van der Waals surface area contributed by atoms with Crippen LogP contribution in [0.5, 0.6) is 11.5 Å². The Hall–Kier alpha value is -6.18. The molecular weight excluding hydrogens is 677 g/mol. The highest BCUT2D eigenvalue weighted by molar-refractivity contribution is 6.05. The topological polar surface area (TPSA) is 9.23 Å². The second-order valence-corrected chi connectivity index (χ2v) is 18.1. The molecule has 11 rings (SSSR count). The van der Waals surface area contributed by atoms with E-state index in [9.17, 15) is 0 Å². The van der Waals surface area contributed by atoms with E-state index in [4.69, 9.17) is 4.74 Å². The second kappa shape index (κ2) is 11.4. The van der Waals surface area contributed by atoms with Crippen LogP contribution < -0.4 is 4.74 Å². The summed E-state index contributed by atoms with van der Waals surface area (Å²) in [4.78, 5) is 0. The van der Waals surface area contributed by atoms with Gasteiger partial charge in [-0.25, -0.2) is 0 Å². The van der Waals surface area contributed by atoms with Gasteiger partial charge >= 0.3 is 0 Å². The lowest BCUT2D eigenvalue weighted by Gasteiger charge is -2.33. The fourth-order valence-electron chi connectivity index (χ4n) is 10.0. The van der Waals surface area contributed by atoms with E-state index in [1.807, 2.05) is 0 Å². The van der Waals surface area contributed by atoms with Gasteiger partial charge in [0.1, 0.15) is 11.5 Å². The lowest BCUT2D eigenvalue weighted by Crippen LogP contribution is -2.27. The summed E-state index contributed by atoms with van der Waals surface area (Å²) < 4.78 is 6.46. The molecule has 56 heavy (non-hydrogen) atoms. The minimum absolute atomic E-state index is 0.0174. The standard InChI is InChI=1S/C55H44O/c1-53(2,3)37-24-26-40-41-27-25-38(54(4,5)6)32-48(41)55(47(40)31-37)45-20-8-7-17-43(45)52-39(18-12-21-46(52)55)36-16-9-15-34(29-36)35-23-28-49-44(30-35)42-19-10-13-33-14-11-22-50(56-49)51(33)42/h7-32H,1-6H3. The van der Waals surface area contributed by atoms with Crippen LogP contribution in [0.1, 0.15) is 74.9 Å². The first-order valence-corrected chi connectivity index (χ1v) is 20.0. The van der Waals surface area contributed by atoms with Crippen LogP contribution in [0, 0.1) is 0 Å². The SMILES string of the molecule is CC(C)(C)c1ccc2c(c1)C1(c3cc(C(C)(C)C)ccc3-2)c2ccccc2-c2c(-c3cccc(-c4ccc5c(c4)-c4cccc6cccc(c46)O5)c3)cccc21. The van der Waals surface area contributed by atoms with Crippen LogP contribution in [-0.2, 0) is 16.2 Å². The number of benzene rings is 8. The fourth-order valence-corrected chi connectivity index (χ4v) is 10.0. The average molecular weight is 721 g/mol. The molecule has 0 radical (unpaired) electrons. The molecule has 0 fully saturated rings. The molecule has 8 aromatic carbocycles. The predicted molar refractivity (Wildman–Crippen MR) is 234 cm³/mol. The Balaban J connectivity index is 1.13. The number of rotatable bonds is 2. The summed E-state index contributed by atoms with van der Waals surface area (Å²) in [6.07, 6.45) is 0. The van der Waals surface area contributed by atoms with Crippen LogP contribution in [-0.4, -0.2) is 0 Å². The lowest BCUT2D eigenvalue weighted by atomic mass is 9.68. The maximum Gasteiger partial charge on any atom is 0.135 e. The lowest BCUT2D eigenvalue weighted by molar-refractivity contribution is 0.487. The smallest absolute Gasteiger partial charge is 0.135 e. The normalized spacial score (nSPS) is 14.2. The molecule has 1 heteroatoms. The van der Waals surface area contributed by atoms with Crippen molar-refractivity contribution in [3.8, 4) is 67.1 Å². The van der Waals surface area contributed by atoms with E-state index in [0.717, 1.165) is 17.1 Å². The quantitative estimate of drug-likeness (QED) is 0.173. The van der Waals surface area contributed by atoms with Crippen LogP contribution >= 0.6 is 0 Å². The Morgan fingerprint density at radius 1 is 0.375 bits per heavy atom. The van der Waals surface area contributed by atoms with Crippen molar-refractivity contribution in [1.82, 2.24) is 0 Å². The zero-order valence-electron chi connectivity index (χ0n) is 32.9. The van der Waals surface area contributed by atoms with E-state index in [0.29, 0.717) is 0 Å². The van der Waals surface area contributed by atoms with Crippen molar-refractivity contribution < 1.29 is 4.74 Å². The molecule has 0 saturated heterocycles. The van der Waals surface area contributed by atoms with E-state index in [-0.39, 0.29) is 10.8 Å². The molecule has 0 saturated carbocycles. The Labute approximate surface area is 330 Å². The Bertz CT molecular complexity index is 2890. The third-order valence-corrected chi connectivity index (χ3v) is 12.8. The van der Waals surface area contributed by atoms with E-state index >= 15 is 0 Å². The highest BCUT2D eigenvalue weighted by Gasteiger charge is 2.52. The van der Waals surface area contributed by atoms with Gasteiger partial charge in [-0.05, 0) is 124 Å². The Morgan fingerprint density at radius 3 is 1.70 bits per heavy atom. The van der Waals surface area contributed by atoms with E-state index in [1.165, 1.54) is 94.2 Å². The van der Waals surface area contributed by atoms with Gasteiger partial charge in [0.05, 0.1) is 5.41 Å². The summed E-state index contributed by atoms with van der Waals surface area (Å²) in [6.45, 7) is 14.0. The maximum absolute atomic E-state index is 6.46. The van der Waals surface area contributed by atoms with Gasteiger partial charge in [0.2, 0.25) is 0 Å². The highest BCUT2D eigenvalue weighted by atomic mass is 16.5. The molecule has 8 aromatic rings. The summed E-state index contributed by atoms with van der Waals surface area (Å²) >= 11 is 0. The van der Waals surface area contributed by atoms with Gasteiger partial charge in [-0.3, -0.25) is 0 Å². The molecule has 1 spiro atoms. The van der Waals surface area contributed by atoms with Crippen LogP contribution in [0.2, 0.25) is 0 Å². The predicted octanol–water partition coefficient (Wildman–Crippen LogP) is 14.9. The van der Waals surface area contributed by atoms with Gasteiger partial charge in [-0.2, -0.15) is 0 Å². The van der Waals surface area contributed by atoms with Gasteiger partial charge in [0.15, 0.2) is 0 Å². The molecule has 0 N–H and O–H groups in total. The first-order valence-electron chi connectivity index (χ1n) is 20.0. The molecule has 3 aliphatic rings. The van der Waals surface area contributed by atoms with Crippen molar-refractivity contribution in [2.75, 3.05) is 0 Å². The summed E-state index contributed by atoms with van der Waals surface area (Å²) in [7, 11) is 0. The summed E-state index contributed by atoms with van der Waals surface area (Å²) in [5, 5.41) is 2.38. The van der Waals surface area contributed by atoms with Crippen LogP contribution in [0.4, 0.5) is 0 Å². The summed E-state index contributed by atoms with van der Waals surface area (Å²) in [6, 6.07) is 59.5. The molecule has 0 unspecified atom stereocenters. The van der Waals surface area contributed by atoms with Gasteiger partial charge < -0.3 is 4.74 Å². The van der Waals surface area contributed by atoms with Crippen LogP contribution in [0.3, 0.4) is 0 Å². The molecule has 0 atom stereocenters. The van der Waals surface area contributed by atoms with Gasteiger partial charge in [-0.1, -0.05) is 175 Å². The molecule has 1 nitrogen and oxygen atoms in total. The van der Waals surface area contributed by atoms with Crippen molar-refractivity contribution in [3.05, 3.63) is 191 Å². The fraction of sp³-hybridized carbons (Fsp3) is 0.164. The molecule has 0 amide bonds. The van der Waals surface area contributed by atoms with Crippen molar-refractivity contribution in [2.24, 2.45) is 0 Å². The van der Waals surface area contributed by atoms with Crippen molar-refractivity contribution >= 4 is 10.8 Å². The maximum atomic E-state index is 6.46. The van der Waals surface area contributed by atoms with E-state index in [1.54, 1.807) is 0 Å². The van der Waals surface area contributed by atoms with Crippen LogP contribution in [0.25, 0.3) is 66.4 Å². The molecular formula is C55H44O. The zero-order chi connectivity index (χ0) is 38.1. The molecule has 2 aliphatic carbocycles. The first-order chi connectivity index (χ1) is 27.0. The van der Waals surface area contributed by atoms with Gasteiger partial charge in [0.25, 0.3) is 0 Å². The van der Waals surface area contributed by atoms with E-state index in [2.05, 4.69) is 199 Å². The molecule has 1 heterocycles. The third kappa shape index (κ3) is 4.55. The zero-order valence-corrected chi connectivity index (χ0v) is 32.9. The average Bonchev–Trinajstić information content (AvgIpc) is 3.67. The molecule has 0 bridgehead atoms. The summed E-state index contributed by atoms with van der Waals surface area (Å²) in [5.41, 5.74) is 20.4. The van der Waals surface area contributed by atoms with Gasteiger partial charge in [0, 0.05) is 10.9 Å². The number of hydrogen-bond acceptors (Lipinski definition) is 1. The first kappa shape index (κ1) is 33.2. The number of hydrogen-bond donors (Lipinski definition) is 0. The Morgan fingerprint density at radius 2 is 0.964 bits per heavy atom. The largest absolute Gasteiger partial charge is 0.456 e. The second-order valence-electron chi connectivity index (χ2n) is 18.1. The number of ether oxygens (including phenoxy) is 1. The molecule has 270 valence electrons. The van der Waals surface area contributed by atoms with E-state index < -0.39 is 5.41 Å². The minimum atomic E-state index is -0.428. The monoisotopic (exact) mass is 720 g/mol. The Kier molecular flexibility index (Phi) is 6.77. The summed E-state index contributed by atoms with van der Waals surface area (Å²) in [5.74, 6) is 1.83. The third-order valence-electron chi connectivity index (χ3n) is 12.8. The number of fused-ring (bicyclic) bond motifs is 12. The highest BCUT2D eigenvalue weighted by Crippen LogP contribution is 2.64.